The van der Waals surface area contributed by atoms with Gasteiger partial charge in [0, 0.05) is 23.3 Å². The normalized spacial score (nSPS) is 12.7. The van der Waals surface area contributed by atoms with Crippen LogP contribution >= 0.6 is 15.9 Å². The highest BCUT2D eigenvalue weighted by atomic mass is 79.9. The van der Waals surface area contributed by atoms with Gasteiger partial charge >= 0.3 is 0 Å². The van der Waals surface area contributed by atoms with Crippen molar-refractivity contribution in [1.82, 2.24) is 15.2 Å². The van der Waals surface area contributed by atoms with Crippen LogP contribution in [0.1, 0.15) is 22.5 Å². The number of hydrogen-bond donors (Lipinski definition) is 2. The molecule has 0 aliphatic heterocycles. The number of nitrogens with one attached hydrogen (secondary N) is 1. The van der Waals surface area contributed by atoms with Gasteiger partial charge < -0.3 is 0 Å². The highest BCUT2D eigenvalue weighted by molar-refractivity contribution is 9.10. The van der Waals surface area contributed by atoms with E-state index >= 15 is 0 Å². The summed E-state index contributed by atoms with van der Waals surface area (Å²) >= 11 is 3.31. The molecule has 0 fully saturated rings. The number of nitrogens with zero attached hydrogens (tertiary/aromatic N) is 2. The van der Waals surface area contributed by atoms with E-state index < -0.39 is 0 Å². The Hall–Kier alpha value is -1.24. The van der Waals surface area contributed by atoms with Crippen molar-refractivity contribution >= 4 is 15.9 Å². The number of aryl methyl sites for hydroxylation is 2. The zero-order valence-electron chi connectivity index (χ0n) is 12.5. The highest BCUT2D eigenvalue weighted by Gasteiger charge is 2.16. The van der Waals surface area contributed by atoms with Gasteiger partial charge in [0.2, 0.25) is 0 Å². The van der Waals surface area contributed by atoms with Crippen molar-refractivity contribution in [1.29, 1.82) is 0 Å². The van der Waals surface area contributed by atoms with Gasteiger partial charge in [-0.25, -0.2) is 4.39 Å². The van der Waals surface area contributed by atoms with Gasteiger partial charge in [-0.15, -0.1) is 0 Å². The molecule has 2 aromatic rings. The van der Waals surface area contributed by atoms with Crippen LogP contribution in [0.5, 0.6) is 0 Å². The summed E-state index contributed by atoms with van der Waals surface area (Å²) in [5.74, 6) is 5.42. The molecular formula is C15H20BrFN4. The van der Waals surface area contributed by atoms with E-state index in [0.717, 1.165) is 27.8 Å². The third kappa shape index (κ3) is 3.90. The number of halogens is 2. The molecule has 1 unspecified atom stereocenters. The standard InChI is InChI=1S/C15H20BrFN4/c1-9-15(10(2)21(3)20-9)8-14(19-18)6-11-4-12(16)7-13(17)5-11/h4-5,7,14,19H,6,8,18H2,1-3H3. The van der Waals surface area contributed by atoms with Crippen LogP contribution in [0.25, 0.3) is 0 Å². The Balaban J connectivity index is 2.16. The molecule has 1 atom stereocenters. The Morgan fingerprint density at radius 1 is 1.33 bits per heavy atom. The van der Waals surface area contributed by atoms with E-state index in [1.54, 1.807) is 0 Å². The van der Waals surface area contributed by atoms with Crippen molar-refractivity contribution in [3.8, 4) is 0 Å². The van der Waals surface area contributed by atoms with Gasteiger partial charge in [0.25, 0.3) is 0 Å². The second-order valence-corrected chi connectivity index (χ2v) is 6.24. The Bertz CT molecular complexity index is 619. The quantitative estimate of drug-likeness (QED) is 0.640. The first-order valence-corrected chi connectivity index (χ1v) is 7.60. The topological polar surface area (TPSA) is 55.9 Å². The summed E-state index contributed by atoms with van der Waals surface area (Å²) in [7, 11) is 1.93. The van der Waals surface area contributed by atoms with Gasteiger partial charge in [-0.2, -0.15) is 5.10 Å². The Morgan fingerprint density at radius 2 is 2.05 bits per heavy atom. The van der Waals surface area contributed by atoms with E-state index in [1.165, 1.54) is 17.7 Å². The highest BCUT2D eigenvalue weighted by Crippen LogP contribution is 2.19. The van der Waals surface area contributed by atoms with E-state index in [-0.39, 0.29) is 11.9 Å². The van der Waals surface area contributed by atoms with Gasteiger partial charge in [-0.05, 0) is 56.0 Å². The van der Waals surface area contributed by atoms with Gasteiger partial charge in [0.05, 0.1) is 5.69 Å². The van der Waals surface area contributed by atoms with Crippen LogP contribution < -0.4 is 11.3 Å². The molecule has 0 aliphatic carbocycles. The van der Waals surface area contributed by atoms with E-state index in [1.807, 2.05) is 31.6 Å². The Labute approximate surface area is 132 Å². The summed E-state index contributed by atoms with van der Waals surface area (Å²) in [4.78, 5) is 0. The summed E-state index contributed by atoms with van der Waals surface area (Å²) in [6.45, 7) is 4.04. The number of hydrogen-bond acceptors (Lipinski definition) is 3. The smallest absolute Gasteiger partial charge is 0.124 e. The van der Waals surface area contributed by atoms with Crippen molar-refractivity contribution in [3.05, 3.63) is 51.0 Å². The largest absolute Gasteiger partial charge is 0.272 e. The average molecular weight is 355 g/mol. The molecule has 4 nitrogen and oxygen atoms in total. The van der Waals surface area contributed by atoms with Crippen molar-refractivity contribution in [2.45, 2.75) is 32.7 Å². The minimum Gasteiger partial charge on any atom is -0.272 e. The number of benzene rings is 1. The SMILES string of the molecule is Cc1nn(C)c(C)c1CC(Cc1cc(F)cc(Br)c1)NN. The lowest BCUT2D eigenvalue weighted by Crippen LogP contribution is -2.38. The number of aromatic nitrogens is 2. The lowest BCUT2D eigenvalue weighted by molar-refractivity contribution is 0.518. The Kier molecular flexibility index (Phi) is 5.13. The van der Waals surface area contributed by atoms with Gasteiger partial charge in [0.1, 0.15) is 5.82 Å². The first kappa shape index (κ1) is 16.1. The zero-order chi connectivity index (χ0) is 15.6. The monoisotopic (exact) mass is 354 g/mol. The maximum absolute atomic E-state index is 13.4. The molecule has 0 amide bonds. The van der Waals surface area contributed by atoms with Crippen LogP contribution in [0, 0.1) is 19.7 Å². The second kappa shape index (κ2) is 6.68. The molecule has 114 valence electrons. The molecule has 0 bridgehead atoms. The van der Waals surface area contributed by atoms with Crippen LogP contribution in [0.15, 0.2) is 22.7 Å². The van der Waals surface area contributed by atoms with Crippen LogP contribution in [0.3, 0.4) is 0 Å². The first-order valence-electron chi connectivity index (χ1n) is 6.81. The minimum absolute atomic E-state index is 0.0281. The molecule has 21 heavy (non-hydrogen) atoms. The van der Waals surface area contributed by atoms with Crippen molar-refractivity contribution in [2.75, 3.05) is 0 Å². The van der Waals surface area contributed by atoms with Crippen LogP contribution in [-0.2, 0) is 19.9 Å². The number of rotatable bonds is 5. The predicted octanol–water partition coefficient (Wildman–Crippen LogP) is 2.56. The molecule has 0 saturated carbocycles. The summed E-state index contributed by atoms with van der Waals surface area (Å²) in [5.41, 5.74) is 7.07. The second-order valence-electron chi connectivity index (χ2n) is 5.32. The molecule has 6 heteroatoms. The summed E-state index contributed by atoms with van der Waals surface area (Å²) in [6.07, 6.45) is 1.41. The van der Waals surface area contributed by atoms with E-state index in [0.29, 0.717) is 6.42 Å². The van der Waals surface area contributed by atoms with Crippen LogP contribution in [0.2, 0.25) is 0 Å². The average Bonchev–Trinajstić information content (AvgIpc) is 2.63. The van der Waals surface area contributed by atoms with Crippen LogP contribution in [-0.4, -0.2) is 15.8 Å². The first-order chi connectivity index (χ1) is 9.90. The predicted molar refractivity (Wildman–Crippen MR) is 85.3 cm³/mol. The molecule has 2 rings (SSSR count). The van der Waals surface area contributed by atoms with Crippen molar-refractivity contribution in [2.24, 2.45) is 12.9 Å². The fraction of sp³-hybridized carbons (Fsp3) is 0.400. The minimum atomic E-state index is -0.246. The number of hydrazine groups is 1. The summed E-state index contributed by atoms with van der Waals surface area (Å²) in [5, 5.41) is 4.41. The third-order valence-corrected chi connectivity index (χ3v) is 4.21. The molecular weight excluding hydrogens is 335 g/mol. The molecule has 1 aromatic heterocycles. The molecule has 0 saturated heterocycles. The number of nitrogens with two attached hydrogens (primary N) is 1. The summed E-state index contributed by atoms with van der Waals surface area (Å²) in [6, 6.07) is 4.93. The molecule has 0 radical (unpaired) electrons. The van der Waals surface area contributed by atoms with Gasteiger partial charge in [0.15, 0.2) is 0 Å². The molecule has 0 aliphatic rings. The van der Waals surface area contributed by atoms with Gasteiger partial charge in [-0.3, -0.25) is 16.0 Å². The Morgan fingerprint density at radius 3 is 2.57 bits per heavy atom. The van der Waals surface area contributed by atoms with E-state index in [2.05, 4.69) is 26.5 Å². The molecule has 1 heterocycles. The van der Waals surface area contributed by atoms with Crippen molar-refractivity contribution < 1.29 is 4.39 Å². The maximum atomic E-state index is 13.4. The molecule has 1 aromatic carbocycles. The fourth-order valence-corrected chi connectivity index (χ4v) is 3.08. The van der Waals surface area contributed by atoms with Gasteiger partial charge in [-0.1, -0.05) is 15.9 Å². The van der Waals surface area contributed by atoms with Crippen molar-refractivity contribution in [3.63, 3.8) is 0 Å². The molecule has 3 N–H and O–H groups in total. The lowest BCUT2D eigenvalue weighted by atomic mass is 9.98. The maximum Gasteiger partial charge on any atom is 0.124 e. The fourth-order valence-electron chi connectivity index (χ4n) is 2.56. The third-order valence-electron chi connectivity index (χ3n) is 3.75. The van der Waals surface area contributed by atoms with Crippen LogP contribution in [0.4, 0.5) is 4.39 Å². The lowest BCUT2D eigenvalue weighted by Gasteiger charge is -2.16. The molecule has 0 spiro atoms. The van der Waals surface area contributed by atoms with E-state index in [4.69, 9.17) is 5.84 Å². The van der Waals surface area contributed by atoms with E-state index in [9.17, 15) is 4.39 Å². The zero-order valence-corrected chi connectivity index (χ0v) is 14.0. The summed E-state index contributed by atoms with van der Waals surface area (Å²) < 4.78 is 16.1.